The SMILES string of the molecule is C=C/C=C(\C=C(/C)C(=O)N1CCNCC1)N1CCC(Cc2cnc(N)nc2)=C1N=C(N=C)N1CCOCC1. The Bertz CT molecular complexity index is 1140. The topological polar surface area (TPSA) is 125 Å². The van der Waals surface area contributed by atoms with Crippen LogP contribution in [-0.4, -0.2) is 102 Å². The molecule has 1 amide bonds. The summed E-state index contributed by atoms with van der Waals surface area (Å²) in [6.45, 7) is 15.9. The summed E-state index contributed by atoms with van der Waals surface area (Å²) in [4.78, 5) is 36.8. The van der Waals surface area contributed by atoms with E-state index in [9.17, 15) is 4.79 Å². The number of piperazine rings is 1. The van der Waals surface area contributed by atoms with Crippen molar-refractivity contribution in [2.75, 3.05) is 64.8 Å². The first-order valence-corrected chi connectivity index (χ1v) is 12.9. The average Bonchev–Trinajstić information content (AvgIpc) is 3.34. The van der Waals surface area contributed by atoms with Crippen LogP contribution in [0.1, 0.15) is 18.9 Å². The molecule has 4 heterocycles. The number of nitrogens with one attached hydrogen (secondary N) is 1. The number of nitrogen functional groups attached to an aromatic ring is 1. The zero-order valence-electron chi connectivity index (χ0n) is 22.1. The number of amides is 1. The van der Waals surface area contributed by atoms with Crippen molar-refractivity contribution in [1.29, 1.82) is 0 Å². The molecule has 0 saturated carbocycles. The van der Waals surface area contributed by atoms with Gasteiger partial charge in [0.25, 0.3) is 0 Å². The minimum Gasteiger partial charge on any atom is -0.378 e. The van der Waals surface area contributed by atoms with Crippen molar-refractivity contribution in [3.63, 3.8) is 0 Å². The molecule has 2 saturated heterocycles. The Kier molecular flexibility index (Phi) is 9.39. The maximum absolute atomic E-state index is 13.2. The highest BCUT2D eigenvalue weighted by molar-refractivity contribution is 5.93. The van der Waals surface area contributed by atoms with Gasteiger partial charge in [-0.3, -0.25) is 4.79 Å². The van der Waals surface area contributed by atoms with Crippen LogP contribution in [-0.2, 0) is 16.0 Å². The highest BCUT2D eigenvalue weighted by Gasteiger charge is 2.27. The van der Waals surface area contributed by atoms with Crippen LogP contribution >= 0.6 is 0 Å². The van der Waals surface area contributed by atoms with Crippen LogP contribution in [0.25, 0.3) is 0 Å². The third-order valence-corrected chi connectivity index (χ3v) is 6.70. The van der Waals surface area contributed by atoms with Gasteiger partial charge in [-0.05, 0) is 43.4 Å². The molecule has 0 radical (unpaired) electrons. The number of guanidine groups is 1. The first kappa shape index (κ1) is 27.2. The van der Waals surface area contributed by atoms with Crippen molar-refractivity contribution in [2.24, 2.45) is 9.98 Å². The molecule has 11 heteroatoms. The van der Waals surface area contributed by atoms with Gasteiger partial charge >= 0.3 is 0 Å². The van der Waals surface area contributed by atoms with Crippen LogP contribution < -0.4 is 11.1 Å². The number of rotatable bonds is 7. The zero-order chi connectivity index (χ0) is 26.9. The van der Waals surface area contributed by atoms with Crippen molar-refractivity contribution in [3.05, 3.63) is 65.4 Å². The van der Waals surface area contributed by atoms with Gasteiger partial charge in [0.05, 0.1) is 13.2 Å². The molecule has 38 heavy (non-hydrogen) atoms. The first-order chi connectivity index (χ1) is 18.5. The van der Waals surface area contributed by atoms with Crippen LogP contribution in [0.2, 0.25) is 0 Å². The summed E-state index contributed by atoms with van der Waals surface area (Å²) >= 11 is 0. The number of carbonyl (C=O) groups excluding carboxylic acids is 1. The molecule has 3 aliphatic heterocycles. The van der Waals surface area contributed by atoms with E-state index in [1.807, 2.05) is 24.0 Å². The quantitative estimate of drug-likeness (QED) is 0.239. The minimum atomic E-state index is 0.0377. The highest BCUT2D eigenvalue weighted by atomic mass is 16.5. The summed E-state index contributed by atoms with van der Waals surface area (Å²) in [5.74, 6) is 1.61. The van der Waals surface area contributed by atoms with Crippen molar-refractivity contribution >= 4 is 24.5 Å². The number of hydrogen-bond donors (Lipinski definition) is 2. The molecule has 4 rings (SSSR count). The van der Waals surface area contributed by atoms with Gasteiger partial charge in [-0.1, -0.05) is 12.7 Å². The molecular weight excluding hydrogens is 482 g/mol. The molecule has 1 aromatic heterocycles. The predicted molar refractivity (Wildman–Crippen MR) is 149 cm³/mol. The fourth-order valence-corrected chi connectivity index (χ4v) is 4.72. The standard InChI is InChI=1S/C27H37N9O2/c1-4-5-23(16-20(2)25(37)34-10-7-30-8-11-34)36-9-6-22(17-21-18-31-26(28)32-19-21)24(36)33-27(29-3)35-12-14-38-15-13-35/h4-5,16,18-19,30H,1,3,6-15,17H2,2H3,(H2,28,31,32)/b20-16+,23-5+,33-27?. The Morgan fingerprint density at radius 1 is 1.16 bits per heavy atom. The van der Waals surface area contributed by atoms with Crippen LogP contribution in [0.4, 0.5) is 5.95 Å². The molecule has 2 fully saturated rings. The Morgan fingerprint density at radius 2 is 1.87 bits per heavy atom. The van der Waals surface area contributed by atoms with Gasteiger partial charge in [0.2, 0.25) is 17.8 Å². The van der Waals surface area contributed by atoms with E-state index >= 15 is 0 Å². The summed E-state index contributed by atoms with van der Waals surface area (Å²) in [7, 11) is 0. The summed E-state index contributed by atoms with van der Waals surface area (Å²) in [5.41, 5.74) is 9.25. The zero-order valence-corrected chi connectivity index (χ0v) is 22.1. The third-order valence-electron chi connectivity index (χ3n) is 6.70. The maximum Gasteiger partial charge on any atom is 0.249 e. The average molecular weight is 520 g/mol. The third kappa shape index (κ3) is 6.73. The number of morpholine rings is 1. The Labute approximate surface area is 224 Å². The van der Waals surface area contributed by atoms with Gasteiger partial charge in [0, 0.05) is 75.9 Å². The number of anilines is 1. The van der Waals surface area contributed by atoms with E-state index in [2.05, 4.69) is 43.4 Å². The summed E-state index contributed by atoms with van der Waals surface area (Å²) in [6, 6.07) is 0. The maximum atomic E-state index is 13.2. The largest absolute Gasteiger partial charge is 0.378 e. The van der Waals surface area contributed by atoms with E-state index in [0.717, 1.165) is 42.2 Å². The second-order valence-corrected chi connectivity index (χ2v) is 9.32. The number of nitrogens with two attached hydrogens (primary N) is 1. The van der Waals surface area contributed by atoms with Gasteiger partial charge in [-0.15, -0.1) is 0 Å². The van der Waals surface area contributed by atoms with Crippen molar-refractivity contribution in [2.45, 2.75) is 19.8 Å². The lowest BCUT2D eigenvalue weighted by atomic mass is 10.1. The number of hydrogen-bond acceptors (Lipinski definition) is 8. The van der Waals surface area contributed by atoms with E-state index in [1.54, 1.807) is 18.5 Å². The molecule has 0 bridgehead atoms. The van der Waals surface area contributed by atoms with Gasteiger partial charge < -0.3 is 30.5 Å². The number of allylic oxidation sites excluding steroid dienone is 3. The molecular formula is C27H37N9O2. The highest BCUT2D eigenvalue weighted by Crippen LogP contribution is 2.32. The lowest BCUT2D eigenvalue weighted by molar-refractivity contribution is -0.127. The normalized spacial score (nSPS) is 19.7. The molecule has 0 aromatic carbocycles. The summed E-state index contributed by atoms with van der Waals surface area (Å²) in [6.07, 6.45) is 10.4. The Morgan fingerprint density at radius 3 is 2.53 bits per heavy atom. The number of carbonyl (C=O) groups is 1. The number of aliphatic imine (C=N–C) groups is 2. The van der Waals surface area contributed by atoms with Gasteiger partial charge in [-0.2, -0.15) is 4.99 Å². The van der Waals surface area contributed by atoms with E-state index in [0.29, 0.717) is 63.9 Å². The van der Waals surface area contributed by atoms with Crippen LogP contribution in [0, 0.1) is 0 Å². The fourth-order valence-electron chi connectivity index (χ4n) is 4.72. The Balaban J connectivity index is 1.69. The second kappa shape index (κ2) is 13.1. The van der Waals surface area contributed by atoms with E-state index in [1.165, 1.54) is 0 Å². The monoisotopic (exact) mass is 519 g/mol. The van der Waals surface area contributed by atoms with Crippen LogP contribution in [0.3, 0.4) is 0 Å². The molecule has 0 atom stereocenters. The minimum absolute atomic E-state index is 0.0377. The van der Waals surface area contributed by atoms with Gasteiger partial charge in [0.15, 0.2) is 0 Å². The van der Waals surface area contributed by atoms with Crippen LogP contribution in [0.15, 0.2) is 69.8 Å². The summed E-state index contributed by atoms with van der Waals surface area (Å²) < 4.78 is 5.51. The van der Waals surface area contributed by atoms with Gasteiger partial charge in [-0.25, -0.2) is 15.0 Å². The van der Waals surface area contributed by atoms with E-state index in [4.69, 9.17) is 15.5 Å². The van der Waals surface area contributed by atoms with E-state index < -0.39 is 0 Å². The second-order valence-electron chi connectivity index (χ2n) is 9.32. The predicted octanol–water partition coefficient (Wildman–Crippen LogP) is 1.36. The first-order valence-electron chi connectivity index (χ1n) is 12.9. The summed E-state index contributed by atoms with van der Waals surface area (Å²) in [5, 5.41) is 3.29. The molecule has 3 N–H and O–H groups in total. The lowest BCUT2D eigenvalue weighted by Gasteiger charge is -2.29. The molecule has 11 nitrogen and oxygen atoms in total. The molecule has 3 aliphatic rings. The number of nitrogens with zero attached hydrogens (tertiary/aromatic N) is 7. The lowest BCUT2D eigenvalue weighted by Crippen LogP contribution is -2.46. The molecule has 202 valence electrons. The molecule has 0 aliphatic carbocycles. The van der Waals surface area contributed by atoms with Crippen molar-refractivity contribution < 1.29 is 9.53 Å². The Hall–Kier alpha value is -3.83. The van der Waals surface area contributed by atoms with Gasteiger partial charge in [0.1, 0.15) is 5.82 Å². The fraction of sp³-hybridized carbons (Fsp3) is 0.444. The smallest absolute Gasteiger partial charge is 0.249 e. The molecule has 1 aromatic rings. The van der Waals surface area contributed by atoms with E-state index in [-0.39, 0.29) is 11.9 Å². The number of aromatic nitrogens is 2. The van der Waals surface area contributed by atoms with Crippen molar-refractivity contribution in [1.82, 2.24) is 30.0 Å². The molecule has 0 spiro atoms. The number of ether oxygens (including phenoxy) is 1. The van der Waals surface area contributed by atoms with Crippen LogP contribution in [0.5, 0.6) is 0 Å². The molecule has 0 unspecified atom stereocenters. The van der Waals surface area contributed by atoms with Crippen molar-refractivity contribution in [3.8, 4) is 0 Å².